The van der Waals surface area contributed by atoms with E-state index in [-0.39, 0.29) is 11.2 Å². The first-order valence-corrected chi connectivity index (χ1v) is 11.8. The van der Waals surface area contributed by atoms with Gasteiger partial charge < -0.3 is 10.2 Å². The van der Waals surface area contributed by atoms with Gasteiger partial charge in [0.1, 0.15) is 11.6 Å². The minimum atomic E-state index is -0.487. The molecule has 0 aliphatic carbocycles. The van der Waals surface area contributed by atoms with Crippen molar-refractivity contribution in [2.75, 3.05) is 11.9 Å². The number of rotatable bonds is 10. The van der Waals surface area contributed by atoms with Crippen LogP contribution in [0.3, 0.4) is 0 Å². The average molecular weight is 453 g/mol. The van der Waals surface area contributed by atoms with Crippen LogP contribution in [0.2, 0.25) is 0 Å². The minimum absolute atomic E-state index is 0.114. The molecule has 33 heavy (non-hydrogen) atoms. The van der Waals surface area contributed by atoms with Crippen molar-refractivity contribution >= 4 is 22.6 Å². The molecule has 1 unspecified atom stereocenters. The maximum Gasteiger partial charge on any atom is 0.322 e. The van der Waals surface area contributed by atoms with Crippen molar-refractivity contribution in [3.8, 4) is 0 Å². The second kappa shape index (κ2) is 11.6. The molecule has 0 radical (unpaired) electrons. The maximum atomic E-state index is 14.2. The second-order valence-corrected chi connectivity index (χ2v) is 8.12. The molecule has 0 spiro atoms. The van der Waals surface area contributed by atoms with E-state index < -0.39 is 17.9 Å². The number of nitrogens with one attached hydrogen (secondary N) is 1. The molecule has 3 rings (SSSR count). The number of halogens is 1. The quantitative estimate of drug-likeness (QED) is 0.377. The number of aromatic nitrogens is 2. The first kappa shape index (κ1) is 24.4. The van der Waals surface area contributed by atoms with Crippen LogP contribution in [0.1, 0.15) is 64.7 Å². The summed E-state index contributed by atoms with van der Waals surface area (Å²) in [6.45, 7) is 6.95. The summed E-state index contributed by atoms with van der Waals surface area (Å²) >= 11 is 0. The molecule has 0 saturated carbocycles. The molecule has 2 aromatic carbocycles. The van der Waals surface area contributed by atoms with Crippen molar-refractivity contribution < 1.29 is 9.18 Å². The molecule has 176 valence electrons. The summed E-state index contributed by atoms with van der Waals surface area (Å²) in [7, 11) is 0. The summed E-state index contributed by atoms with van der Waals surface area (Å²) in [5, 5.41) is 3.28. The Morgan fingerprint density at radius 3 is 2.48 bits per heavy atom. The van der Waals surface area contributed by atoms with E-state index in [4.69, 9.17) is 4.98 Å². The highest BCUT2D eigenvalue weighted by Crippen LogP contribution is 2.26. The highest BCUT2D eigenvalue weighted by atomic mass is 19.1. The number of carbonyl (C=O) groups is 1. The normalized spacial score (nSPS) is 12.0. The molecular weight excluding hydrogens is 419 g/mol. The summed E-state index contributed by atoms with van der Waals surface area (Å²) in [5.74, 6) is 0.0713. The van der Waals surface area contributed by atoms with Gasteiger partial charge in [-0.15, -0.1) is 0 Å². The number of amides is 2. The zero-order chi connectivity index (χ0) is 23.8. The summed E-state index contributed by atoms with van der Waals surface area (Å²) in [6.07, 6.45) is 4.54. The van der Waals surface area contributed by atoms with E-state index in [0.29, 0.717) is 36.2 Å². The van der Waals surface area contributed by atoms with E-state index in [0.717, 1.165) is 25.7 Å². The molecule has 6 nitrogen and oxygen atoms in total. The fourth-order valence-electron chi connectivity index (χ4n) is 4.14. The summed E-state index contributed by atoms with van der Waals surface area (Å²) in [4.78, 5) is 33.1. The van der Waals surface area contributed by atoms with Crippen molar-refractivity contribution in [2.24, 2.45) is 0 Å². The lowest BCUT2D eigenvalue weighted by atomic mass is 10.1. The van der Waals surface area contributed by atoms with Crippen LogP contribution in [-0.4, -0.2) is 27.0 Å². The highest BCUT2D eigenvalue weighted by Gasteiger charge is 2.28. The minimum Gasteiger partial charge on any atom is -0.314 e. The molecule has 0 aliphatic rings. The van der Waals surface area contributed by atoms with Crippen molar-refractivity contribution in [2.45, 2.75) is 65.5 Å². The maximum absolute atomic E-state index is 14.2. The first-order valence-electron chi connectivity index (χ1n) is 11.8. The van der Waals surface area contributed by atoms with Gasteiger partial charge in [-0.3, -0.25) is 9.36 Å². The van der Waals surface area contributed by atoms with E-state index >= 15 is 0 Å². The number of para-hydroxylation sites is 2. The van der Waals surface area contributed by atoms with Crippen LogP contribution in [0.15, 0.2) is 53.3 Å². The number of nitrogens with zero attached hydrogens (tertiary/aromatic N) is 3. The lowest BCUT2D eigenvalue weighted by Gasteiger charge is -2.32. The molecule has 2 amide bonds. The molecule has 1 heterocycles. The standard InChI is InChI=1S/C26H33FN4O2/c1-4-7-8-13-18-31(26(33)29-22-17-12-10-15-20(22)27)23(5-2)24-28-21-16-11-9-14-19(21)25(32)30(24)6-3/h9-12,14-17,23H,4-8,13,18H2,1-3H3,(H,29,33). The zero-order valence-electron chi connectivity index (χ0n) is 19.7. The van der Waals surface area contributed by atoms with Crippen molar-refractivity contribution in [1.82, 2.24) is 14.5 Å². The highest BCUT2D eigenvalue weighted by molar-refractivity contribution is 5.89. The van der Waals surface area contributed by atoms with Gasteiger partial charge in [0.25, 0.3) is 5.56 Å². The molecule has 1 aromatic heterocycles. The molecule has 0 aliphatic heterocycles. The number of carbonyl (C=O) groups excluding carboxylic acids is 1. The molecule has 0 bridgehead atoms. The summed E-state index contributed by atoms with van der Waals surface area (Å²) in [6, 6.07) is 12.6. The third kappa shape index (κ3) is 5.59. The fourth-order valence-corrected chi connectivity index (χ4v) is 4.14. The molecule has 0 fully saturated rings. The van der Waals surface area contributed by atoms with Crippen LogP contribution in [0, 0.1) is 5.82 Å². The lowest BCUT2D eigenvalue weighted by Crippen LogP contribution is -2.41. The Hall–Kier alpha value is -3.22. The average Bonchev–Trinajstić information content (AvgIpc) is 2.82. The van der Waals surface area contributed by atoms with E-state index in [1.165, 1.54) is 6.07 Å². The molecular formula is C26H33FN4O2. The van der Waals surface area contributed by atoms with Crippen LogP contribution in [0.4, 0.5) is 14.9 Å². The number of unbranched alkanes of at least 4 members (excludes halogenated alkanes) is 3. The van der Waals surface area contributed by atoms with Crippen LogP contribution < -0.4 is 10.9 Å². The SMILES string of the molecule is CCCCCCN(C(=O)Nc1ccccc1F)C(CC)c1nc2ccccc2c(=O)n1CC. The third-order valence-electron chi connectivity index (χ3n) is 5.90. The van der Waals surface area contributed by atoms with E-state index in [2.05, 4.69) is 12.2 Å². The zero-order valence-corrected chi connectivity index (χ0v) is 19.7. The number of fused-ring (bicyclic) bond motifs is 1. The van der Waals surface area contributed by atoms with Crippen molar-refractivity contribution in [1.29, 1.82) is 0 Å². The van der Waals surface area contributed by atoms with Gasteiger partial charge in [0, 0.05) is 13.1 Å². The smallest absolute Gasteiger partial charge is 0.314 e. The molecule has 7 heteroatoms. The van der Waals surface area contributed by atoms with Crippen LogP contribution in [0.25, 0.3) is 10.9 Å². The van der Waals surface area contributed by atoms with E-state index in [1.807, 2.05) is 32.0 Å². The molecule has 1 atom stereocenters. The number of hydrogen-bond donors (Lipinski definition) is 1. The van der Waals surface area contributed by atoms with Crippen molar-refractivity contribution in [3.05, 3.63) is 70.5 Å². The van der Waals surface area contributed by atoms with Gasteiger partial charge in [-0.1, -0.05) is 57.4 Å². The van der Waals surface area contributed by atoms with Gasteiger partial charge in [0.2, 0.25) is 0 Å². The Kier molecular flexibility index (Phi) is 8.58. The van der Waals surface area contributed by atoms with Gasteiger partial charge in [0.15, 0.2) is 0 Å². The molecule has 0 saturated heterocycles. The predicted octanol–water partition coefficient (Wildman–Crippen LogP) is 6.12. The number of urea groups is 1. The summed E-state index contributed by atoms with van der Waals surface area (Å²) < 4.78 is 15.9. The Bertz CT molecular complexity index is 1140. The van der Waals surface area contributed by atoms with Crippen molar-refractivity contribution in [3.63, 3.8) is 0 Å². The van der Waals surface area contributed by atoms with Crippen LogP contribution >= 0.6 is 0 Å². The molecule has 1 N–H and O–H groups in total. The topological polar surface area (TPSA) is 67.2 Å². The lowest BCUT2D eigenvalue weighted by molar-refractivity contribution is 0.178. The van der Waals surface area contributed by atoms with Crippen LogP contribution in [-0.2, 0) is 6.54 Å². The molecule has 3 aromatic rings. The Labute approximate surface area is 194 Å². The van der Waals surface area contributed by atoms with E-state index in [1.54, 1.807) is 33.7 Å². The third-order valence-corrected chi connectivity index (χ3v) is 5.90. The Balaban J connectivity index is 2.02. The second-order valence-electron chi connectivity index (χ2n) is 8.12. The van der Waals surface area contributed by atoms with Gasteiger partial charge in [-0.05, 0) is 44.0 Å². The van der Waals surface area contributed by atoms with Gasteiger partial charge in [-0.2, -0.15) is 0 Å². The first-order chi connectivity index (χ1) is 16.0. The van der Waals surface area contributed by atoms with Crippen LogP contribution in [0.5, 0.6) is 0 Å². The van der Waals surface area contributed by atoms with Gasteiger partial charge in [-0.25, -0.2) is 14.2 Å². The van der Waals surface area contributed by atoms with Gasteiger partial charge in [0.05, 0.1) is 22.6 Å². The van der Waals surface area contributed by atoms with E-state index in [9.17, 15) is 14.0 Å². The Morgan fingerprint density at radius 2 is 1.79 bits per heavy atom. The number of benzene rings is 2. The largest absolute Gasteiger partial charge is 0.322 e. The number of anilines is 1. The number of hydrogen-bond acceptors (Lipinski definition) is 3. The Morgan fingerprint density at radius 1 is 1.06 bits per heavy atom. The fraction of sp³-hybridized carbons (Fsp3) is 0.423. The van der Waals surface area contributed by atoms with Gasteiger partial charge >= 0.3 is 6.03 Å². The summed E-state index contributed by atoms with van der Waals surface area (Å²) in [5.41, 5.74) is 0.633. The monoisotopic (exact) mass is 452 g/mol. The predicted molar refractivity (Wildman–Crippen MR) is 131 cm³/mol.